The molecule has 2 nitrogen and oxygen atoms in total. The summed E-state index contributed by atoms with van der Waals surface area (Å²) in [4.78, 5) is 16.6. The predicted molar refractivity (Wildman–Crippen MR) is 82.6 cm³/mol. The molecule has 19 heavy (non-hydrogen) atoms. The molecule has 2 rings (SSSR count). The minimum atomic E-state index is 0.186. The van der Waals surface area contributed by atoms with Gasteiger partial charge < -0.3 is 4.90 Å². The van der Waals surface area contributed by atoms with Crippen molar-refractivity contribution >= 4 is 22.8 Å². The summed E-state index contributed by atoms with van der Waals surface area (Å²) in [5.74, 6) is 0.186. The van der Waals surface area contributed by atoms with Crippen LogP contribution in [-0.2, 0) is 0 Å². The van der Waals surface area contributed by atoms with E-state index in [0.717, 1.165) is 16.1 Å². The van der Waals surface area contributed by atoms with Crippen LogP contribution >= 0.6 is 11.3 Å². The van der Waals surface area contributed by atoms with Crippen LogP contribution in [0.25, 0.3) is 0 Å². The van der Waals surface area contributed by atoms with E-state index in [1.165, 1.54) is 10.4 Å². The molecule has 0 aliphatic carbocycles. The van der Waals surface area contributed by atoms with E-state index in [2.05, 4.69) is 19.1 Å². The largest absolute Gasteiger partial charge is 0.367 e. The van der Waals surface area contributed by atoms with Crippen LogP contribution in [0.4, 0.5) is 5.69 Å². The van der Waals surface area contributed by atoms with Crippen molar-refractivity contribution in [3.05, 3.63) is 51.2 Å². The average Bonchev–Trinajstić information content (AvgIpc) is 2.68. The van der Waals surface area contributed by atoms with Crippen molar-refractivity contribution in [3.63, 3.8) is 0 Å². The summed E-state index contributed by atoms with van der Waals surface area (Å²) in [6.07, 6.45) is 0. The first-order chi connectivity index (χ1) is 8.97. The highest BCUT2D eigenvalue weighted by Gasteiger charge is 2.14. The fourth-order valence-corrected chi connectivity index (χ4v) is 3.11. The lowest BCUT2D eigenvalue weighted by Gasteiger charge is -2.18. The van der Waals surface area contributed by atoms with Gasteiger partial charge in [-0.2, -0.15) is 0 Å². The molecule has 1 heterocycles. The average molecular weight is 273 g/mol. The third-order valence-electron chi connectivity index (χ3n) is 3.16. The molecule has 0 N–H and O–H groups in total. The van der Waals surface area contributed by atoms with Gasteiger partial charge >= 0.3 is 0 Å². The Morgan fingerprint density at radius 3 is 2.53 bits per heavy atom. The van der Waals surface area contributed by atoms with E-state index in [9.17, 15) is 4.79 Å². The fourth-order valence-electron chi connectivity index (χ4n) is 2.16. The second-order valence-electron chi connectivity index (χ2n) is 4.95. The molecule has 0 aliphatic rings. The van der Waals surface area contributed by atoms with Gasteiger partial charge in [-0.25, -0.2) is 0 Å². The highest BCUT2D eigenvalue weighted by molar-refractivity contribution is 7.12. The monoisotopic (exact) mass is 273 g/mol. The lowest BCUT2D eigenvalue weighted by Crippen LogP contribution is -2.25. The SMILES string of the molecule is Cc1cccc(N(C)CC(=O)c2cc(C)sc2C)c1. The summed E-state index contributed by atoms with van der Waals surface area (Å²) in [6.45, 7) is 6.53. The number of hydrogen-bond acceptors (Lipinski definition) is 3. The van der Waals surface area contributed by atoms with E-state index in [1.807, 2.05) is 44.0 Å². The standard InChI is InChI=1S/C16H19NOS/c1-11-6-5-7-14(8-11)17(4)10-16(18)15-9-12(2)19-13(15)3/h5-9H,10H2,1-4H3. The van der Waals surface area contributed by atoms with Crippen molar-refractivity contribution < 1.29 is 4.79 Å². The normalized spacial score (nSPS) is 10.5. The van der Waals surface area contributed by atoms with E-state index < -0.39 is 0 Å². The van der Waals surface area contributed by atoms with Crippen molar-refractivity contribution in [1.82, 2.24) is 0 Å². The number of carbonyl (C=O) groups is 1. The number of anilines is 1. The first-order valence-electron chi connectivity index (χ1n) is 6.35. The zero-order valence-electron chi connectivity index (χ0n) is 11.9. The Kier molecular flexibility index (Phi) is 4.05. The summed E-state index contributed by atoms with van der Waals surface area (Å²) < 4.78 is 0. The smallest absolute Gasteiger partial charge is 0.183 e. The number of likely N-dealkylation sites (N-methyl/N-ethyl adjacent to an activating group) is 1. The Balaban J connectivity index is 2.13. The molecule has 0 fully saturated rings. The van der Waals surface area contributed by atoms with Crippen LogP contribution in [0.1, 0.15) is 25.7 Å². The van der Waals surface area contributed by atoms with Gasteiger partial charge in [-0.1, -0.05) is 12.1 Å². The molecular weight excluding hydrogens is 254 g/mol. The molecule has 0 aliphatic heterocycles. The molecule has 0 spiro atoms. The Labute approximate surface area is 118 Å². The van der Waals surface area contributed by atoms with E-state index in [0.29, 0.717) is 6.54 Å². The second kappa shape index (κ2) is 5.57. The predicted octanol–water partition coefficient (Wildman–Crippen LogP) is 3.99. The van der Waals surface area contributed by atoms with E-state index in [4.69, 9.17) is 0 Å². The van der Waals surface area contributed by atoms with Crippen LogP contribution < -0.4 is 4.90 Å². The third kappa shape index (κ3) is 3.24. The van der Waals surface area contributed by atoms with Gasteiger partial charge in [-0.05, 0) is 44.5 Å². The third-order valence-corrected chi connectivity index (χ3v) is 4.13. The number of hydrogen-bond donors (Lipinski definition) is 0. The second-order valence-corrected chi connectivity index (χ2v) is 6.41. The van der Waals surface area contributed by atoms with E-state index >= 15 is 0 Å². The molecule has 0 saturated carbocycles. The van der Waals surface area contributed by atoms with E-state index in [1.54, 1.807) is 11.3 Å². The Bertz CT molecular complexity index is 601. The molecule has 0 radical (unpaired) electrons. The molecule has 0 unspecified atom stereocenters. The molecule has 0 atom stereocenters. The molecule has 0 bridgehead atoms. The van der Waals surface area contributed by atoms with Crippen molar-refractivity contribution in [3.8, 4) is 0 Å². The van der Waals surface area contributed by atoms with Gasteiger partial charge in [0.15, 0.2) is 5.78 Å². The molecule has 2 aromatic rings. The minimum Gasteiger partial charge on any atom is -0.367 e. The molecule has 0 saturated heterocycles. The number of nitrogens with zero attached hydrogens (tertiary/aromatic N) is 1. The van der Waals surface area contributed by atoms with Gasteiger partial charge in [0.2, 0.25) is 0 Å². The summed E-state index contributed by atoms with van der Waals surface area (Å²) in [6, 6.07) is 10.2. The number of aryl methyl sites for hydroxylation is 3. The van der Waals surface area contributed by atoms with Gasteiger partial charge in [0.25, 0.3) is 0 Å². The highest BCUT2D eigenvalue weighted by atomic mass is 32.1. The summed E-state index contributed by atoms with van der Waals surface area (Å²) >= 11 is 1.68. The van der Waals surface area contributed by atoms with Gasteiger partial charge in [0.05, 0.1) is 6.54 Å². The number of carbonyl (C=O) groups excluding carboxylic acids is 1. The maximum atomic E-state index is 12.3. The molecule has 1 aromatic carbocycles. The zero-order chi connectivity index (χ0) is 14.0. The Morgan fingerprint density at radius 2 is 1.95 bits per heavy atom. The number of rotatable bonds is 4. The van der Waals surface area contributed by atoms with Crippen molar-refractivity contribution in [2.75, 3.05) is 18.5 Å². The van der Waals surface area contributed by atoms with Crippen LogP contribution in [0.3, 0.4) is 0 Å². The molecular formula is C16H19NOS. The van der Waals surface area contributed by atoms with Crippen LogP contribution in [0, 0.1) is 20.8 Å². The topological polar surface area (TPSA) is 20.3 Å². The fraction of sp³-hybridized carbons (Fsp3) is 0.312. The highest BCUT2D eigenvalue weighted by Crippen LogP contribution is 2.22. The molecule has 3 heteroatoms. The summed E-state index contributed by atoms with van der Waals surface area (Å²) in [5, 5.41) is 0. The number of Topliss-reactive ketones (excluding diaryl/α,β-unsaturated/α-hetero) is 1. The lowest BCUT2D eigenvalue weighted by molar-refractivity contribution is 0.1000. The van der Waals surface area contributed by atoms with Crippen molar-refractivity contribution in [2.24, 2.45) is 0 Å². The van der Waals surface area contributed by atoms with Crippen LogP contribution in [0.5, 0.6) is 0 Å². The van der Waals surface area contributed by atoms with Gasteiger partial charge in [-0.15, -0.1) is 11.3 Å². The number of thiophene rings is 1. The van der Waals surface area contributed by atoms with Gasteiger partial charge in [0.1, 0.15) is 0 Å². The number of ketones is 1. The molecule has 0 amide bonds. The van der Waals surface area contributed by atoms with Crippen LogP contribution in [-0.4, -0.2) is 19.4 Å². The summed E-state index contributed by atoms with van der Waals surface area (Å²) in [7, 11) is 1.96. The molecule has 100 valence electrons. The Morgan fingerprint density at radius 1 is 1.21 bits per heavy atom. The number of benzene rings is 1. The minimum absolute atomic E-state index is 0.186. The van der Waals surface area contributed by atoms with Gasteiger partial charge in [-0.3, -0.25) is 4.79 Å². The maximum Gasteiger partial charge on any atom is 0.183 e. The first kappa shape index (κ1) is 13.8. The van der Waals surface area contributed by atoms with Crippen molar-refractivity contribution in [2.45, 2.75) is 20.8 Å². The van der Waals surface area contributed by atoms with E-state index in [-0.39, 0.29) is 5.78 Å². The molecule has 1 aromatic heterocycles. The lowest BCUT2D eigenvalue weighted by atomic mass is 10.1. The summed E-state index contributed by atoms with van der Waals surface area (Å²) in [5.41, 5.74) is 3.15. The van der Waals surface area contributed by atoms with Crippen LogP contribution in [0.15, 0.2) is 30.3 Å². The van der Waals surface area contributed by atoms with Gasteiger partial charge in [0, 0.05) is 28.1 Å². The van der Waals surface area contributed by atoms with Crippen LogP contribution in [0.2, 0.25) is 0 Å². The Hall–Kier alpha value is -1.61. The maximum absolute atomic E-state index is 12.3. The first-order valence-corrected chi connectivity index (χ1v) is 7.17. The quantitative estimate of drug-likeness (QED) is 0.785. The zero-order valence-corrected chi connectivity index (χ0v) is 12.7. The van der Waals surface area contributed by atoms with Crippen molar-refractivity contribution in [1.29, 1.82) is 0 Å².